The minimum Gasteiger partial charge on any atom is -0.508 e. The van der Waals surface area contributed by atoms with Gasteiger partial charge < -0.3 is 10.0 Å². The van der Waals surface area contributed by atoms with Gasteiger partial charge in [-0.15, -0.1) is 11.8 Å². The first-order valence-corrected chi connectivity index (χ1v) is 7.63. The molecule has 2 rings (SSSR count). The first kappa shape index (κ1) is 14.5. The van der Waals surface area contributed by atoms with Crippen LogP contribution in [0.25, 0.3) is 0 Å². The van der Waals surface area contributed by atoms with E-state index in [1.54, 1.807) is 34.9 Å². The molecule has 0 atom stereocenters. The lowest BCUT2D eigenvalue weighted by molar-refractivity contribution is 0.0988. The second-order valence-electron chi connectivity index (χ2n) is 4.30. The summed E-state index contributed by atoms with van der Waals surface area (Å²) in [5.41, 5.74) is 1.35. The second-order valence-corrected chi connectivity index (χ2v) is 5.18. The fourth-order valence-electron chi connectivity index (χ4n) is 1.99. The maximum atomic E-state index is 12.5. The summed E-state index contributed by atoms with van der Waals surface area (Å²) in [5.74, 6) is 0.0947. The van der Waals surface area contributed by atoms with E-state index in [4.69, 9.17) is 0 Å². The largest absolute Gasteiger partial charge is 0.508 e. The van der Waals surface area contributed by atoms with Gasteiger partial charge in [0.25, 0.3) is 5.91 Å². The van der Waals surface area contributed by atoms with E-state index in [2.05, 4.69) is 0 Å². The average Bonchev–Trinajstić information content (AvgIpc) is 2.48. The van der Waals surface area contributed by atoms with Gasteiger partial charge in [0.05, 0.1) is 0 Å². The van der Waals surface area contributed by atoms with E-state index in [0.717, 1.165) is 4.90 Å². The van der Waals surface area contributed by atoms with Crippen molar-refractivity contribution in [3.8, 4) is 5.75 Å². The highest BCUT2D eigenvalue weighted by atomic mass is 32.2. The van der Waals surface area contributed by atoms with Crippen LogP contribution in [-0.4, -0.2) is 23.8 Å². The van der Waals surface area contributed by atoms with Gasteiger partial charge in [-0.2, -0.15) is 0 Å². The van der Waals surface area contributed by atoms with Crippen LogP contribution in [0.5, 0.6) is 5.75 Å². The van der Waals surface area contributed by atoms with Crippen molar-refractivity contribution in [1.29, 1.82) is 0 Å². The van der Waals surface area contributed by atoms with Crippen molar-refractivity contribution < 1.29 is 9.90 Å². The number of nitrogens with zero attached hydrogens (tertiary/aromatic N) is 1. The highest BCUT2D eigenvalue weighted by Gasteiger charge is 2.16. The van der Waals surface area contributed by atoms with Crippen molar-refractivity contribution in [1.82, 2.24) is 0 Å². The Bertz CT molecular complexity index is 596. The molecule has 0 heterocycles. The molecule has 3 nitrogen and oxygen atoms in total. The van der Waals surface area contributed by atoms with Crippen LogP contribution in [0.1, 0.15) is 17.3 Å². The normalized spacial score (nSPS) is 10.3. The van der Waals surface area contributed by atoms with E-state index in [1.165, 1.54) is 0 Å². The molecule has 0 saturated heterocycles. The van der Waals surface area contributed by atoms with Gasteiger partial charge in [0.15, 0.2) is 0 Å². The standard InChI is InChI=1S/C16H17NO2S/c1-3-17(13-5-4-6-14(18)11-13)16(19)12-7-9-15(20-2)10-8-12/h4-11,18H,3H2,1-2H3. The lowest BCUT2D eigenvalue weighted by atomic mass is 10.1. The van der Waals surface area contributed by atoms with E-state index < -0.39 is 0 Å². The second kappa shape index (κ2) is 6.48. The molecule has 2 aromatic carbocycles. The summed E-state index contributed by atoms with van der Waals surface area (Å²) >= 11 is 1.64. The van der Waals surface area contributed by atoms with Gasteiger partial charge in [-0.3, -0.25) is 4.79 Å². The molecule has 1 N–H and O–H groups in total. The molecule has 4 heteroatoms. The van der Waals surface area contributed by atoms with Gasteiger partial charge in [0.2, 0.25) is 0 Å². The van der Waals surface area contributed by atoms with Crippen LogP contribution in [-0.2, 0) is 0 Å². The lowest BCUT2D eigenvalue weighted by Gasteiger charge is -2.21. The molecule has 104 valence electrons. The monoisotopic (exact) mass is 287 g/mol. The summed E-state index contributed by atoms with van der Waals surface area (Å²) in [6.45, 7) is 2.46. The Morgan fingerprint density at radius 1 is 1.20 bits per heavy atom. The summed E-state index contributed by atoms with van der Waals surface area (Å²) in [6.07, 6.45) is 2.00. The molecular formula is C16H17NO2S. The molecular weight excluding hydrogens is 270 g/mol. The molecule has 1 amide bonds. The minimum absolute atomic E-state index is 0.0641. The van der Waals surface area contributed by atoms with Crippen LogP contribution < -0.4 is 4.90 Å². The van der Waals surface area contributed by atoms with Gasteiger partial charge in [0, 0.05) is 28.8 Å². The predicted octanol–water partition coefficient (Wildman–Crippen LogP) is 3.78. The fourth-order valence-corrected chi connectivity index (χ4v) is 2.40. The average molecular weight is 287 g/mol. The number of rotatable bonds is 4. The Kier molecular flexibility index (Phi) is 4.69. The Labute approximate surface area is 123 Å². The van der Waals surface area contributed by atoms with Gasteiger partial charge in [-0.05, 0) is 49.6 Å². The third-order valence-electron chi connectivity index (χ3n) is 3.04. The van der Waals surface area contributed by atoms with Gasteiger partial charge in [0.1, 0.15) is 5.75 Å². The summed E-state index contributed by atoms with van der Waals surface area (Å²) < 4.78 is 0. The van der Waals surface area contributed by atoms with Crippen LogP contribution in [0.15, 0.2) is 53.4 Å². The van der Waals surface area contributed by atoms with E-state index in [9.17, 15) is 9.90 Å². The number of benzene rings is 2. The zero-order valence-electron chi connectivity index (χ0n) is 11.5. The molecule has 0 saturated carbocycles. The Hall–Kier alpha value is -1.94. The number of hydrogen-bond acceptors (Lipinski definition) is 3. The molecule has 0 radical (unpaired) electrons. The number of aromatic hydroxyl groups is 1. The molecule has 0 aliphatic heterocycles. The number of thioether (sulfide) groups is 1. The van der Waals surface area contributed by atoms with Crippen LogP contribution in [0.4, 0.5) is 5.69 Å². The van der Waals surface area contributed by atoms with Crippen molar-refractivity contribution in [2.75, 3.05) is 17.7 Å². The topological polar surface area (TPSA) is 40.5 Å². The molecule has 20 heavy (non-hydrogen) atoms. The first-order chi connectivity index (χ1) is 9.65. The Balaban J connectivity index is 2.28. The molecule has 0 spiro atoms. The predicted molar refractivity (Wildman–Crippen MR) is 83.7 cm³/mol. The minimum atomic E-state index is -0.0641. The van der Waals surface area contributed by atoms with Crippen molar-refractivity contribution in [2.45, 2.75) is 11.8 Å². The third kappa shape index (κ3) is 3.14. The maximum absolute atomic E-state index is 12.5. The first-order valence-electron chi connectivity index (χ1n) is 6.40. The molecule has 0 unspecified atom stereocenters. The zero-order valence-corrected chi connectivity index (χ0v) is 12.4. The van der Waals surface area contributed by atoms with Crippen LogP contribution in [0, 0.1) is 0 Å². The van der Waals surface area contributed by atoms with Crippen molar-refractivity contribution in [3.63, 3.8) is 0 Å². The summed E-state index contributed by atoms with van der Waals surface area (Å²) in [6, 6.07) is 14.3. The van der Waals surface area contributed by atoms with Crippen LogP contribution in [0.2, 0.25) is 0 Å². The van der Waals surface area contributed by atoms with Crippen molar-refractivity contribution in [2.24, 2.45) is 0 Å². The molecule has 0 bridgehead atoms. The van der Waals surface area contributed by atoms with Crippen LogP contribution in [0.3, 0.4) is 0 Å². The van der Waals surface area contributed by atoms with Gasteiger partial charge in [-0.25, -0.2) is 0 Å². The number of carbonyl (C=O) groups is 1. The Morgan fingerprint density at radius 3 is 2.45 bits per heavy atom. The van der Waals surface area contributed by atoms with Gasteiger partial charge in [-0.1, -0.05) is 6.07 Å². The number of carbonyl (C=O) groups excluding carboxylic acids is 1. The van der Waals surface area contributed by atoms with E-state index >= 15 is 0 Å². The number of phenols is 1. The highest BCUT2D eigenvalue weighted by Crippen LogP contribution is 2.22. The highest BCUT2D eigenvalue weighted by molar-refractivity contribution is 7.98. The van der Waals surface area contributed by atoms with E-state index in [0.29, 0.717) is 17.8 Å². The molecule has 0 fully saturated rings. The molecule has 2 aromatic rings. The smallest absolute Gasteiger partial charge is 0.258 e. The number of phenolic OH excluding ortho intramolecular Hbond substituents is 1. The van der Waals surface area contributed by atoms with Crippen molar-refractivity contribution in [3.05, 3.63) is 54.1 Å². The number of anilines is 1. The molecule has 0 aliphatic carbocycles. The number of hydrogen-bond donors (Lipinski definition) is 1. The summed E-state index contributed by atoms with van der Waals surface area (Å²) in [7, 11) is 0. The SMILES string of the molecule is CCN(C(=O)c1ccc(SC)cc1)c1cccc(O)c1. The van der Waals surface area contributed by atoms with E-state index in [-0.39, 0.29) is 11.7 Å². The van der Waals surface area contributed by atoms with Gasteiger partial charge >= 0.3 is 0 Å². The molecule has 0 aromatic heterocycles. The molecule has 0 aliphatic rings. The summed E-state index contributed by atoms with van der Waals surface area (Å²) in [5, 5.41) is 9.54. The third-order valence-corrected chi connectivity index (χ3v) is 3.78. The van der Waals surface area contributed by atoms with Crippen LogP contribution >= 0.6 is 11.8 Å². The number of amides is 1. The lowest BCUT2D eigenvalue weighted by Crippen LogP contribution is -2.30. The quantitative estimate of drug-likeness (QED) is 0.870. The summed E-state index contributed by atoms with van der Waals surface area (Å²) in [4.78, 5) is 15.3. The fraction of sp³-hybridized carbons (Fsp3) is 0.188. The Morgan fingerprint density at radius 2 is 1.90 bits per heavy atom. The van der Waals surface area contributed by atoms with Crippen molar-refractivity contribution >= 4 is 23.4 Å². The van der Waals surface area contributed by atoms with E-state index in [1.807, 2.05) is 43.5 Å². The maximum Gasteiger partial charge on any atom is 0.258 e. The zero-order chi connectivity index (χ0) is 14.5.